The molecule has 4 nitrogen and oxygen atoms in total. The first-order valence-electron chi connectivity index (χ1n) is 4.81. The molecule has 1 aromatic carbocycles. The predicted octanol–water partition coefficient (Wildman–Crippen LogP) is 2.82. The summed E-state index contributed by atoms with van der Waals surface area (Å²) in [5.41, 5.74) is 5.07. The van der Waals surface area contributed by atoms with Crippen LogP contribution in [0.2, 0.25) is 0 Å². The van der Waals surface area contributed by atoms with E-state index in [4.69, 9.17) is 10.3 Å². The van der Waals surface area contributed by atoms with Crippen LogP contribution in [0.1, 0.15) is 11.4 Å². The lowest BCUT2D eigenvalue weighted by atomic mass is 10.1. The summed E-state index contributed by atoms with van der Waals surface area (Å²) in [4.78, 5) is 3.96. The van der Waals surface area contributed by atoms with Crippen molar-refractivity contribution >= 4 is 22.6 Å². The maximum atomic E-state index is 12.5. The quantitative estimate of drug-likeness (QED) is 0.827. The highest BCUT2D eigenvalue weighted by molar-refractivity contribution is 14.1. The number of alkyl halides is 3. The second kappa shape index (κ2) is 4.84. The second-order valence-corrected chi connectivity index (χ2v) is 4.57. The lowest BCUT2D eigenvalue weighted by Crippen LogP contribution is -2.05. The fraction of sp³-hybridized carbons (Fsp3) is 0.200. The molecular formula is C10H7F3IN3O. The van der Waals surface area contributed by atoms with E-state index in [2.05, 4.69) is 10.1 Å². The van der Waals surface area contributed by atoms with Gasteiger partial charge in [0.05, 0.1) is 17.7 Å². The Hall–Kier alpha value is -1.16. The SMILES string of the molecule is NCc1noc(-c2ccc(C(F)(F)F)cc2I)n1. The van der Waals surface area contributed by atoms with Crippen molar-refractivity contribution in [3.63, 3.8) is 0 Å². The van der Waals surface area contributed by atoms with E-state index in [9.17, 15) is 13.2 Å². The van der Waals surface area contributed by atoms with Crippen LogP contribution in [0.5, 0.6) is 0 Å². The van der Waals surface area contributed by atoms with Gasteiger partial charge in [-0.05, 0) is 40.8 Å². The van der Waals surface area contributed by atoms with Crippen molar-refractivity contribution in [2.75, 3.05) is 0 Å². The summed E-state index contributed by atoms with van der Waals surface area (Å²) < 4.78 is 42.8. The van der Waals surface area contributed by atoms with Gasteiger partial charge in [0.2, 0.25) is 0 Å². The largest absolute Gasteiger partial charge is 0.416 e. The first-order valence-corrected chi connectivity index (χ1v) is 5.89. The molecule has 0 saturated carbocycles. The van der Waals surface area contributed by atoms with Gasteiger partial charge in [0.15, 0.2) is 5.82 Å². The minimum absolute atomic E-state index is 0.112. The van der Waals surface area contributed by atoms with Crippen LogP contribution in [-0.2, 0) is 12.7 Å². The zero-order valence-electron chi connectivity index (χ0n) is 8.83. The summed E-state index contributed by atoms with van der Waals surface area (Å²) in [6.45, 7) is 0.112. The average molecular weight is 369 g/mol. The molecule has 0 aliphatic heterocycles. The van der Waals surface area contributed by atoms with Crippen LogP contribution >= 0.6 is 22.6 Å². The Morgan fingerprint density at radius 1 is 1.33 bits per heavy atom. The molecule has 96 valence electrons. The van der Waals surface area contributed by atoms with Crippen molar-refractivity contribution in [2.45, 2.75) is 12.7 Å². The molecule has 0 fully saturated rings. The van der Waals surface area contributed by atoms with Crippen LogP contribution < -0.4 is 5.73 Å². The molecule has 0 saturated heterocycles. The Morgan fingerprint density at radius 3 is 2.56 bits per heavy atom. The third-order valence-electron chi connectivity index (χ3n) is 2.18. The summed E-state index contributed by atoms with van der Waals surface area (Å²) in [7, 11) is 0. The van der Waals surface area contributed by atoms with Gasteiger partial charge in [0.25, 0.3) is 5.89 Å². The van der Waals surface area contributed by atoms with Gasteiger partial charge >= 0.3 is 6.18 Å². The van der Waals surface area contributed by atoms with Gasteiger partial charge in [-0.15, -0.1) is 0 Å². The topological polar surface area (TPSA) is 64.9 Å². The number of nitrogens with zero attached hydrogens (tertiary/aromatic N) is 2. The van der Waals surface area contributed by atoms with Crippen molar-refractivity contribution in [1.29, 1.82) is 0 Å². The summed E-state index contributed by atoms with van der Waals surface area (Å²) in [6.07, 6.45) is -4.37. The van der Waals surface area contributed by atoms with E-state index in [-0.39, 0.29) is 12.4 Å². The second-order valence-electron chi connectivity index (χ2n) is 3.41. The third kappa shape index (κ3) is 2.64. The number of nitrogens with two attached hydrogens (primary N) is 1. The molecule has 1 aromatic heterocycles. The van der Waals surface area contributed by atoms with Gasteiger partial charge in [-0.2, -0.15) is 18.2 Å². The smallest absolute Gasteiger partial charge is 0.334 e. The molecule has 2 rings (SSSR count). The van der Waals surface area contributed by atoms with Crippen molar-refractivity contribution < 1.29 is 17.7 Å². The molecule has 1 heterocycles. The van der Waals surface area contributed by atoms with Crippen molar-refractivity contribution in [2.24, 2.45) is 5.73 Å². The summed E-state index contributed by atoms with van der Waals surface area (Å²) in [6, 6.07) is 3.31. The Balaban J connectivity index is 2.41. The number of halogens is 4. The Bertz CT molecular complexity index is 568. The number of rotatable bonds is 2. The van der Waals surface area contributed by atoms with E-state index < -0.39 is 11.7 Å². The highest BCUT2D eigenvalue weighted by atomic mass is 127. The first kappa shape index (κ1) is 13.3. The zero-order chi connectivity index (χ0) is 13.3. The molecule has 0 aliphatic rings. The molecule has 8 heteroatoms. The molecule has 0 atom stereocenters. The molecular weight excluding hydrogens is 362 g/mol. The molecule has 0 radical (unpaired) electrons. The van der Waals surface area contributed by atoms with Crippen LogP contribution in [0.3, 0.4) is 0 Å². The number of hydrogen-bond donors (Lipinski definition) is 1. The van der Waals surface area contributed by atoms with Gasteiger partial charge in [-0.25, -0.2) is 0 Å². The summed E-state index contributed by atoms with van der Waals surface area (Å²) in [5, 5.41) is 3.59. The normalized spacial score (nSPS) is 11.8. The molecule has 2 aromatic rings. The van der Waals surface area contributed by atoms with Gasteiger partial charge in [0.1, 0.15) is 0 Å². The molecule has 0 bridgehead atoms. The number of aromatic nitrogens is 2. The van der Waals surface area contributed by atoms with Gasteiger partial charge in [-0.1, -0.05) is 5.16 Å². The summed E-state index contributed by atoms with van der Waals surface area (Å²) in [5.74, 6) is 0.467. The van der Waals surface area contributed by atoms with E-state index in [0.717, 1.165) is 12.1 Å². The van der Waals surface area contributed by atoms with E-state index in [1.54, 1.807) is 22.6 Å². The highest BCUT2D eigenvalue weighted by Crippen LogP contribution is 2.33. The fourth-order valence-electron chi connectivity index (χ4n) is 1.31. The van der Waals surface area contributed by atoms with E-state index in [0.29, 0.717) is 15.0 Å². The maximum absolute atomic E-state index is 12.5. The molecule has 0 amide bonds. The van der Waals surface area contributed by atoms with Gasteiger partial charge < -0.3 is 10.3 Å². The third-order valence-corrected chi connectivity index (χ3v) is 3.07. The minimum Gasteiger partial charge on any atom is -0.334 e. The van der Waals surface area contributed by atoms with Crippen molar-refractivity contribution in [1.82, 2.24) is 10.1 Å². The van der Waals surface area contributed by atoms with Gasteiger partial charge in [0, 0.05) is 3.57 Å². The predicted molar refractivity (Wildman–Crippen MR) is 65.3 cm³/mol. The number of hydrogen-bond acceptors (Lipinski definition) is 4. The van der Waals surface area contributed by atoms with Crippen LogP contribution in [0.25, 0.3) is 11.5 Å². The fourth-order valence-corrected chi connectivity index (χ4v) is 2.06. The first-order chi connectivity index (χ1) is 8.41. The maximum Gasteiger partial charge on any atom is 0.416 e. The Labute approximate surface area is 114 Å². The average Bonchev–Trinajstić information content (AvgIpc) is 2.76. The Morgan fingerprint density at radius 2 is 2.06 bits per heavy atom. The minimum atomic E-state index is -4.37. The summed E-state index contributed by atoms with van der Waals surface area (Å²) >= 11 is 1.79. The van der Waals surface area contributed by atoms with Crippen LogP contribution in [0, 0.1) is 3.57 Å². The monoisotopic (exact) mass is 369 g/mol. The number of benzene rings is 1. The van der Waals surface area contributed by atoms with Crippen LogP contribution in [0.4, 0.5) is 13.2 Å². The zero-order valence-corrected chi connectivity index (χ0v) is 11.0. The molecule has 0 aliphatic carbocycles. The van der Waals surface area contributed by atoms with Crippen LogP contribution in [0.15, 0.2) is 22.7 Å². The molecule has 0 unspecified atom stereocenters. The molecule has 2 N–H and O–H groups in total. The molecule has 18 heavy (non-hydrogen) atoms. The van der Waals surface area contributed by atoms with Crippen molar-refractivity contribution in [3.05, 3.63) is 33.2 Å². The Kier molecular flexibility index (Phi) is 3.57. The van der Waals surface area contributed by atoms with E-state index in [1.807, 2.05) is 0 Å². The standard InChI is InChI=1S/C10H7F3IN3O/c11-10(12,13)5-1-2-6(7(14)3-5)9-16-8(4-15)17-18-9/h1-3H,4,15H2. The van der Waals surface area contributed by atoms with E-state index >= 15 is 0 Å². The van der Waals surface area contributed by atoms with E-state index in [1.165, 1.54) is 6.07 Å². The lowest BCUT2D eigenvalue weighted by molar-refractivity contribution is -0.137. The van der Waals surface area contributed by atoms with Crippen LogP contribution in [-0.4, -0.2) is 10.1 Å². The van der Waals surface area contributed by atoms with Gasteiger partial charge in [-0.3, -0.25) is 0 Å². The highest BCUT2D eigenvalue weighted by Gasteiger charge is 2.31. The lowest BCUT2D eigenvalue weighted by Gasteiger charge is -2.08. The van der Waals surface area contributed by atoms with Crippen molar-refractivity contribution in [3.8, 4) is 11.5 Å². The molecule has 0 spiro atoms.